The Morgan fingerprint density at radius 2 is 1.38 bits per heavy atom. The van der Waals surface area contributed by atoms with Crippen molar-refractivity contribution < 1.29 is 43.0 Å². The number of rotatable bonds is 22. The van der Waals surface area contributed by atoms with Gasteiger partial charge in [-0.3, -0.25) is 33.7 Å². The molecule has 0 aromatic heterocycles. The Morgan fingerprint density at radius 1 is 0.741 bits per heavy atom. The van der Waals surface area contributed by atoms with Crippen molar-refractivity contribution in [3.05, 3.63) is 141 Å². The summed E-state index contributed by atoms with van der Waals surface area (Å²) in [5, 5.41) is 6.39. The second-order valence-electron chi connectivity index (χ2n) is 22.5. The second kappa shape index (κ2) is 25.2. The second-order valence-corrected chi connectivity index (χ2v) is 26.6. The molecule has 0 bridgehead atoms. The number of fused-ring (bicyclic) bond motifs is 6. The average molecular weight is 1150 g/mol. The molecule has 15 nitrogen and oxygen atoms in total. The first-order valence-electron chi connectivity index (χ1n) is 28.0. The number of anilines is 3. The predicted octanol–water partition coefficient (Wildman–Crippen LogP) is 10.7. The number of benzene rings is 5. The fourth-order valence-electron chi connectivity index (χ4n) is 11.6. The maximum atomic E-state index is 14.3. The van der Waals surface area contributed by atoms with Crippen LogP contribution >= 0.6 is 33.3 Å². The number of amides is 5. The van der Waals surface area contributed by atoms with Crippen molar-refractivity contribution in [2.45, 2.75) is 127 Å². The molecule has 18 heteroatoms. The molecule has 5 heterocycles. The van der Waals surface area contributed by atoms with Gasteiger partial charge in [-0.05, 0) is 128 Å². The number of imide groups is 1. The topological polar surface area (TPSA) is 167 Å². The molecule has 5 aliphatic heterocycles. The fraction of sp³-hybridized carbons (Fsp3) is 0.429. The molecule has 426 valence electrons. The standard InChI is InChI=1S/C63H72N6O9S3/c1-39-23-51-53(66(4)36-48-28-43-14-8-10-16-45(43)35-69(48)61(51)74)31-54(39)77-37-40-24-41(38-78-56-30-52-50(29-55(56)76-5)60(73)68-34-44-15-9-7-13-42(44)27-47(68)33-64-52)26-46(25-40)65-58(71)19-20-63(2,3)81-80-22-12-18-49(70)17-11-21-67-59(72)32-57(79-6)62(67)75/h7-10,13-16,23-26,29-31,47-48,57,64H,11-12,17-22,27-28,32-38H2,1-6H3,(H,65,71)/t47-,48?,57?/m0/s1. The van der Waals surface area contributed by atoms with E-state index in [-0.39, 0.29) is 83.5 Å². The zero-order chi connectivity index (χ0) is 57.0. The number of thioether (sulfide) groups is 1. The Morgan fingerprint density at radius 3 is 2.06 bits per heavy atom. The van der Waals surface area contributed by atoms with E-state index in [9.17, 15) is 28.8 Å². The van der Waals surface area contributed by atoms with Gasteiger partial charge in [0.15, 0.2) is 11.5 Å². The van der Waals surface area contributed by atoms with Crippen LogP contribution in [0.15, 0.2) is 91.0 Å². The Bertz CT molecular complexity index is 3240. The summed E-state index contributed by atoms with van der Waals surface area (Å²) in [7, 11) is 7.00. The molecule has 1 fully saturated rings. The van der Waals surface area contributed by atoms with Gasteiger partial charge in [0.2, 0.25) is 17.7 Å². The van der Waals surface area contributed by atoms with Gasteiger partial charge in [0, 0.05) is 93.8 Å². The van der Waals surface area contributed by atoms with Crippen molar-refractivity contribution in [1.82, 2.24) is 14.7 Å². The summed E-state index contributed by atoms with van der Waals surface area (Å²) in [6, 6.07) is 30.0. The molecule has 5 aromatic carbocycles. The van der Waals surface area contributed by atoms with E-state index in [1.165, 1.54) is 33.4 Å². The zero-order valence-corrected chi connectivity index (χ0v) is 49.6. The van der Waals surface area contributed by atoms with Crippen molar-refractivity contribution >= 4 is 85.7 Å². The van der Waals surface area contributed by atoms with Crippen molar-refractivity contribution in [2.24, 2.45) is 0 Å². The monoisotopic (exact) mass is 1150 g/mol. The summed E-state index contributed by atoms with van der Waals surface area (Å²) in [5.41, 5.74) is 10.5. The minimum Gasteiger partial charge on any atom is -0.493 e. The Balaban J connectivity index is 0.795. The van der Waals surface area contributed by atoms with Crippen molar-refractivity contribution in [3.8, 4) is 17.2 Å². The number of hydrogen-bond acceptors (Lipinski definition) is 14. The van der Waals surface area contributed by atoms with E-state index in [1.54, 1.807) is 34.8 Å². The lowest BCUT2D eigenvalue weighted by Crippen LogP contribution is -2.47. The number of nitrogens with one attached hydrogen (secondary N) is 2. The predicted molar refractivity (Wildman–Crippen MR) is 323 cm³/mol. The molecule has 1 saturated heterocycles. The number of hydrogen-bond donors (Lipinski definition) is 2. The van der Waals surface area contributed by atoms with E-state index in [0.717, 1.165) is 53.0 Å². The van der Waals surface area contributed by atoms with Crippen LogP contribution in [0.2, 0.25) is 0 Å². The highest BCUT2D eigenvalue weighted by molar-refractivity contribution is 8.77. The summed E-state index contributed by atoms with van der Waals surface area (Å²) in [6.45, 7) is 9.15. The van der Waals surface area contributed by atoms with Crippen LogP contribution in [-0.4, -0.2) is 118 Å². The van der Waals surface area contributed by atoms with Crippen LogP contribution < -0.4 is 29.7 Å². The first-order chi connectivity index (χ1) is 39.0. The summed E-state index contributed by atoms with van der Waals surface area (Å²) in [6.07, 6.45) is 6.50. The molecule has 2 unspecified atom stereocenters. The first kappa shape index (κ1) is 57.6. The van der Waals surface area contributed by atoms with Crippen molar-refractivity contribution in [3.63, 3.8) is 0 Å². The minimum absolute atomic E-state index is 0.00840. The lowest BCUT2D eigenvalue weighted by molar-refractivity contribution is -0.138. The van der Waals surface area contributed by atoms with Crippen LogP contribution in [0.3, 0.4) is 0 Å². The molecule has 0 saturated carbocycles. The van der Waals surface area contributed by atoms with Gasteiger partial charge in [-0.2, -0.15) is 11.8 Å². The van der Waals surface area contributed by atoms with E-state index in [2.05, 4.69) is 59.7 Å². The van der Waals surface area contributed by atoms with Crippen molar-refractivity contribution in [2.75, 3.05) is 61.3 Å². The molecule has 5 amide bonds. The number of ether oxygens (including phenoxy) is 3. The normalized spacial score (nSPS) is 18.4. The molecule has 5 aromatic rings. The number of likely N-dealkylation sites (N-methyl/N-ethyl adjacent to an activating group) is 1. The molecule has 0 aliphatic carbocycles. The third kappa shape index (κ3) is 13.3. The van der Waals surface area contributed by atoms with Crippen LogP contribution in [0.5, 0.6) is 17.2 Å². The van der Waals surface area contributed by atoms with E-state index < -0.39 is 0 Å². The van der Waals surface area contributed by atoms with Crippen LogP contribution in [0, 0.1) is 6.92 Å². The van der Waals surface area contributed by atoms with E-state index in [1.807, 2.05) is 84.6 Å². The molecule has 3 atom stereocenters. The number of Topliss-reactive ketones (excluding diaryl/α,β-unsaturated/α-hetero) is 1. The maximum Gasteiger partial charge on any atom is 0.256 e. The Kier molecular flexibility index (Phi) is 18.0. The van der Waals surface area contributed by atoms with Gasteiger partial charge in [0.05, 0.1) is 46.9 Å². The van der Waals surface area contributed by atoms with E-state index in [4.69, 9.17) is 14.2 Å². The lowest BCUT2D eigenvalue weighted by Gasteiger charge is -2.36. The van der Waals surface area contributed by atoms with Gasteiger partial charge in [-0.1, -0.05) is 70.1 Å². The van der Waals surface area contributed by atoms with Gasteiger partial charge in [-0.25, -0.2) is 0 Å². The highest BCUT2D eigenvalue weighted by atomic mass is 33.1. The molecule has 2 N–H and O–H groups in total. The summed E-state index contributed by atoms with van der Waals surface area (Å²) >= 11 is 1.39. The highest BCUT2D eigenvalue weighted by Gasteiger charge is 2.39. The summed E-state index contributed by atoms with van der Waals surface area (Å²) < 4.78 is 18.8. The fourth-order valence-corrected chi connectivity index (χ4v) is 14.9. The van der Waals surface area contributed by atoms with Crippen molar-refractivity contribution in [1.29, 1.82) is 0 Å². The molecular formula is C63H72N6O9S3. The summed E-state index contributed by atoms with van der Waals surface area (Å²) in [4.78, 5) is 87.0. The maximum absolute atomic E-state index is 14.3. The number of carbonyl (C=O) groups is 6. The van der Waals surface area contributed by atoms with Crippen LogP contribution in [0.1, 0.15) is 118 Å². The lowest BCUT2D eigenvalue weighted by atomic mass is 9.93. The smallest absolute Gasteiger partial charge is 0.256 e. The van der Waals surface area contributed by atoms with Crippen LogP contribution in [0.4, 0.5) is 17.1 Å². The van der Waals surface area contributed by atoms with E-state index in [0.29, 0.717) is 98.2 Å². The number of likely N-dealkylation sites (tertiary alicyclic amines) is 1. The van der Waals surface area contributed by atoms with Crippen LogP contribution in [-0.2, 0) is 58.3 Å². The number of ketones is 1. The number of aryl methyl sites for hydroxylation is 1. The quantitative estimate of drug-likeness (QED) is 0.0382. The Labute approximate surface area is 487 Å². The van der Waals surface area contributed by atoms with Gasteiger partial charge in [0.1, 0.15) is 24.7 Å². The Hall–Kier alpha value is -6.63. The minimum atomic E-state index is -0.310. The third-order valence-corrected chi connectivity index (χ3v) is 20.5. The molecule has 0 radical (unpaired) electrons. The third-order valence-electron chi connectivity index (χ3n) is 16.1. The van der Waals surface area contributed by atoms with Crippen LogP contribution in [0.25, 0.3) is 0 Å². The molecular weight excluding hydrogens is 1080 g/mol. The molecule has 81 heavy (non-hydrogen) atoms. The highest BCUT2D eigenvalue weighted by Crippen LogP contribution is 2.41. The zero-order valence-electron chi connectivity index (χ0n) is 47.1. The van der Waals surface area contributed by atoms with E-state index >= 15 is 0 Å². The number of methoxy groups -OCH3 is 1. The van der Waals surface area contributed by atoms with Gasteiger partial charge in [-0.15, -0.1) is 0 Å². The molecule has 10 rings (SSSR count). The average Bonchev–Trinajstić information content (AvgIpc) is 3.75. The first-order valence-corrected chi connectivity index (χ1v) is 31.6. The van der Waals surface area contributed by atoms with Gasteiger partial charge < -0.3 is 39.5 Å². The number of nitrogens with zero attached hydrogens (tertiary/aromatic N) is 4. The van der Waals surface area contributed by atoms with Gasteiger partial charge >= 0.3 is 0 Å². The SMILES string of the molecule is COc1cc2c(cc1OCc1cc(COc3cc4c(cc3C)C(=O)N3Cc5ccccc5CC3CN4C)cc(NC(=O)CCC(C)(C)SSCCCC(=O)CCCN3C(=O)CC(SC)C3=O)c1)NC[C@@H]1Cc3ccccc3CN1C2=O. The number of carbonyl (C=O) groups excluding carboxylic acids is 6. The summed E-state index contributed by atoms with van der Waals surface area (Å²) in [5.74, 6) is 1.96. The molecule has 5 aliphatic rings. The molecule has 0 spiro atoms. The largest absolute Gasteiger partial charge is 0.493 e. The van der Waals surface area contributed by atoms with Gasteiger partial charge in [0.25, 0.3) is 11.8 Å².